The predicted octanol–water partition coefficient (Wildman–Crippen LogP) is 1.87. The largest absolute Gasteiger partial charge is 0.486 e. The highest BCUT2D eigenvalue weighted by Gasteiger charge is 2.28. The zero-order valence-electron chi connectivity index (χ0n) is 16.7. The van der Waals surface area contributed by atoms with Crippen LogP contribution in [0.1, 0.15) is 44.8 Å². The fraction of sp³-hybridized carbons (Fsp3) is 0.409. The topological polar surface area (TPSA) is 98.0 Å². The second-order valence-corrected chi connectivity index (χ2v) is 7.86. The van der Waals surface area contributed by atoms with Crippen LogP contribution in [0.3, 0.4) is 0 Å². The number of pyridine rings is 1. The molecule has 5 rings (SSSR count). The van der Waals surface area contributed by atoms with Gasteiger partial charge in [-0.25, -0.2) is 4.98 Å². The van der Waals surface area contributed by atoms with Crippen LogP contribution in [0, 0.1) is 0 Å². The molecule has 0 bridgehead atoms. The van der Waals surface area contributed by atoms with Crippen LogP contribution in [0.15, 0.2) is 24.3 Å². The number of carbonyl (C=O) groups excluding carboxylic acids is 2. The van der Waals surface area contributed by atoms with Gasteiger partial charge in [0.05, 0.1) is 5.56 Å². The maximum Gasteiger partial charge on any atom is 0.257 e. The Hall–Kier alpha value is -3.29. The lowest BCUT2D eigenvalue weighted by Crippen LogP contribution is -2.37. The molecule has 1 fully saturated rings. The first-order valence-electron chi connectivity index (χ1n) is 10.4. The van der Waals surface area contributed by atoms with Crippen LogP contribution < -0.4 is 15.2 Å². The van der Waals surface area contributed by atoms with E-state index in [-0.39, 0.29) is 17.6 Å². The van der Waals surface area contributed by atoms with Gasteiger partial charge in [0.2, 0.25) is 0 Å². The lowest BCUT2D eigenvalue weighted by molar-refractivity contribution is 0.0732. The van der Waals surface area contributed by atoms with Gasteiger partial charge in [0.25, 0.3) is 11.8 Å². The van der Waals surface area contributed by atoms with E-state index in [0.717, 1.165) is 37.2 Å². The van der Waals surface area contributed by atoms with E-state index in [1.54, 1.807) is 23.1 Å². The third-order valence-electron chi connectivity index (χ3n) is 5.90. The Bertz CT molecular complexity index is 1020. The highest BCUT2D eigenvalue weighted by atomic mass is 16.6. The van der Waals surface area contributed by atoms with Crippen molar-refractivity contribution in [2.24, 2.45) is 0 Å². The molecule has 1 aromatic carbocycles. The van der Waals surface area contributed by atoms with Crippen LogP contribution in [0.25, 0.3) is 0 Å². The second-order valence-electron chi connectivity index (χ2n) is 7.86. The van der Waals surface area contributed by atoms with E-state index in [1.165, 1.54) is 0 Å². The number of benzene rings is 1. The third kappa shape index (κ3) is 3.32. The summed E-state index contributed by atoms with van der Waals surface area (Å²) in [6.07, 6.45) is 2.64. The molecular weight excluding hydrogens is 384 g/mol. The smallest absolute Gasteiger partial charge is 0.257 e. The van der Waals surface area contributed by atoms with Crippen LogP contribution in [-0.2, 0) is 13.0 Å². The number of nitrogens with two attached hydrogens (primary N) is 1. The van der Waals surface area contributed by atoms with Crippen molar-refractivity contribution in [1.82, 2.24) is 14.8 Å². The summed E-state index contributed by atoms with van der Waals surface area (Å²) in [6.45, 7) is 3.44. The number of likely N-dealkylation sites (tertiary alicyclic amines) is 1. The van der Waals surface area contributed by atoms with Gasteiger partial charge in [-0.2, -0.15) is 0 Å². The Kier molecular flexibility index (Phi) is 4.69. The number of carbonyl (C=O) groups is 2. The Balaban J connectivity index is 1.38. The van der Waals surface area contributed by atoms with E-state index in [9.17, 15) is 9.59 Å². The van der Waals surface area contributed by atoms with E-state index < -0.39 is 0 Å². The van der Waals surface area contributed by atoms with Gasteiger partial charge in [-0.3, -0.25) is 9.59 Å². The standard InChI is InChI=1S/C22H24N4O4/c23-20-16(22(28)25-6-1-2-7-25)11-15-13-26(8-5-17(15)24-20)21(27)14-3-4-18-19(12-14)30-10-9-29-18/h3-4,11-12H,1-2,5-10,13H2,(H2,23,24). The molecule has 4 heterocycles. The second kappa shape index (κ2) is 7.51. The number of rotatable bonds is 2. The zero-order chi connectivity index (χ0) is 20.7. The van der Waals surface area contributed by atoms with E-state index in [2.05, 4.69) is 4.98 Å². The van der Waals surface area contributed by atoms with Crippen molar-refractivity contribution in [3.05, 3.63) is 46.6 Å². The molecule has 1 aromatic heterocycles. The van der Waals surface area contributed by atoms with Crippen molar-refractivity contribution in [3.8, 4) is 11.5 Å². The molecule has 0 spiro atoms. The van der Waals surface area contributed by atoms with Crippen LogP contribution in [0.5, 0.6) is 11.5 Å². The molecule has 1 saturated heterocycles. The summed E-state index contributed by atoms with van der Waals surface area (Å²) in [5, 5.41) is 0. The quantitative estimate of drug-likeness (QED) is 0.815. The minimum atomic E-state index is -0.0816. The molecule has 2 aromatic rings. The van der Waals surface area contributed by atoms with Crippen LogP contribution in [-0.4, -0.2) is 59.4 Å². The minimum absolute atomic E-state index is 0.0735. The lowest BCUT2D eigenvalue weighted by atomic mass is 10.0. The molecule has 3 aliphatic rings. The number of nitrogens with zero attached hydrogens (tertiary/aromatic N) is 3. The van der Waals surface area contributed by atoms with E-state index in [4.69, 9.17) is 15.2 Å². The molecule has 0 atom stereocenters. The fourth-order valence-electron chi connectivity index (χ4n) is 4.28. The van der Waals surface area contributed by atoms with Crippen LogP contribution >= 0.6 is 0 Å². The summed E-state index contributed by atoms with van der Waals surface area (Å²) in [5.74, 6) is 1.37. The fourth-order valence-corrected chi connectivity index (χ4v) is 4.28. The summed E-state index contributed by atoms with van der Waals surface area (Å²) >= 11 is 0. The lowest BCUT2D eigenvalue weighted by Gasteiger charge is -2.29. The summed E-state index contributed by atoms with van der Waals surface area (Å²) in [6, 6.07) is 7.08. The first-order valence-corrected chi connectivity index (χ1v) is 10.4. The normalized spacial score (nSPS) is 17.6. The Labute approximate surface area is 174 Å². The summed E-state index contributed by atoms with van der Waals surface area (Å²) in [5.41, 5.74) is 8.82. The van der Waals surface area contributed by atoms with Crippen LogP contribution in [0.4, 0.5) is 5.82 Å². The molecule has 2 amide bonds. The van der Waals surface area contributed by atoms with E-state index in [1.807, 2.05) is 11.0 Å². The van der Waals surface area contributed by atoms with Crippen molar-refractivity contribution in [2.45, 2.75) is 25.8 Å². The predicted molar refractivity (Wildman–Crippen MR) is 110 cm³/mol. The van der Waals surface area contributed by atoms with Crippen molar-refractivity contribution >= 4 is 17.6 Å². The highest BCUT2D eigenvalue weighted by molar-refractivity contribution is 5.99. The number of amides is 2. The van der Waals surface area contributed by atoms with Gasteiger partial charge in [0.15, 0.2) is 11.5 Å². The van der Waals surface area contributed by atoms with Crippen molar-refractivity contribution < 1.29 is 19.1 Å². The molecule has 8 heteroatoms. The molecule has 0 radical (unpaired) electrons. The molecule has 0 aliphatic carbocycles. The molecule has 0 saturated carbocycles. The number of hydrogen-bond donors (Lipinski definition) is 1. The van der Waals surface area contributed by atoms with Crippen molar-refractivity contribution in [2.75, 3.05) is 38.6 Å². The number of anilines is 1. The van der Waals surface area contributed by atoms with Crippen LogP contribution in [0.2, 0.25) is 0 Å². The zero-order valence-corrected chi connectivity index (χ0v) is 16.7. The highest BCUT2D eigenvalue weighted by Crippen LogP contribution is 2.32. The van der Waals surface area contributed by atoms with Gasteiger partial charge in [0.1, 0.15) is 19.0 Å². The first-order chi connectivity index (χ1) is 14.6. The van der Waals surface area contributed by atoms with Crippen molar-refractivity contribution in [3.63, 3.8) is 0 Å². The van der Waals surface area contributed by atoms with Crippen molar-refractivity contribution in [1.29, 1.82) is 0 Å². The van der Waals surface area contributed by atoms with Gasteiger partial charge in [-0.1, -0.05) is 0 Å². The molecule has 8 nitrogen and oxygen atoms in total. The van der Waals surface area contributed by atoms with Gasteiger partial charge in [-0.05, 0) is 42.7 Å². The Morgan fingerprint density at radius 2 is 1.70 bits per heavy atom. The number of ether oxygens (including phenoxy) is 2. The monoisotopic (exact) mass is 408 g/mol. The number of nitrogen functional groups attached to an aromatic ring is 1. The first kappa shape index (κ1) is 18.7. The molecule has 156 valence electrons. The molecule has 3 aliphatic heterocycles. The maximum atomic E-state index is 13.1. The minimum Gasteiger partial charge on any atom is -0.486 e. The molecule has 2 N–H and O–H groups in total. The number of hydrogen-bond acceptors (Lipinski definition) is 6. The summed E-state index contributed by atoms with van der Waals surface area (Å²) in [7, 11) is 0. The summed E-state index contributed by atoms with van der Waals surface area (Å²) < 4.78 is 11.1. The Morgan fingerprint density at radius 3 is 2.50 bits per heavy atom. The molecule has 30 heavy (non-hydrogen) atoms. The number of aromatic nitrogens is 1. The SMILES string of the molecule is Nc1nc2c(cc1C(=O)N1CCCC1)CN(C(=O)c1ccc3c(c1)OCCO3)CC2. The summed E-state index contributed by atoms with van der Waals surface area (Å²) in [4.78, 5) is 34.0. The van der Waals surface area contributed by atoms with Gasteiger partial charge in [0, 0.05) is 43.9 Å². The van der Waals surface area contributed by atoms with Gasteiger partial charge >= 0.3 is 0 Å². The molecular formula is C22H24N4O4. The average molecular weight is 408 g/mol. The van der Waals surface area contributed by atoms with Gasteiger partial charge in [-0.15, -0.1) is 0 Å². The molecule has 0 unspecified atom stereocenters. The Morgan fingerprint density at radius 1 is 0.933 bits per heavy atom. The van der Waals surface area contributed by atoms with Gasteiger partial charge < -0.3 is 25.0 Å². The third-order valence-corrected chi connectivity index (χ3v) is 5.90. The maximum absolute atomic E-state index is 13.1. The van der Waals surface area contributed by atoms with E-state index in [0.29, 0.717) is 55.4 Å². The average Bonchev–Trinajstić information content (AvgIpc) is 3.32. The van der Waals surface area contributed by atoms with E-state index >= 15 is 0 Å². The number of fused-ring (bicyclic) bond motifs is 2.